The van der Waals surface area contributed by atoms with Crippen LogP contribution in [0.4, 0.5) is 8.78 Å². The van der Waals surface area contributed by atoms with E-state index in [0.29, 0.717) is 5.56 Å². The van der Waals surface area contributed by atoms with Crippen molar-refractivity contribution in [3.8, 4) is 0 Å². The molecule has 2 rings (SSSR count). The van der Waals surface area contributed by atoms with Gasteiger partial charge < -0.3 is 5.73 Å². The third-order valence-corrected chi connectivity index (χ3v) is 3.55. The van der Waals surface area contributed by atoms with Crippen molar-refractivity contribution in [3.05, 3.63) is 34.3 Å². The Hall–Kier alpha value is -0.670. The topological polar surface area (TPSA) is 26.0 Å². The lowest BCUT2D eigenvalue weighted by molar-refractivity contribution is 0.0143. The highest BCUT2D eigenvalue weighted by molar-refractivity contribution is 6.31. The maximum atomic E-state index is 13.5. The third-order valence-electron chi connectivity index (χ3n) is 3.23. The van der Waals surface area contributed by atoms with Gasteiger partial charge in [0.05, 0.1) is 5.02 Å². The Morgan fingerprint density at radius 1 is 1.38 bits per heavy atom. The summed E-state index contributed by atoms with van der Waals surface area (Å²) >= 11 is 5.87. The van der Waals surface area contributed by atoms with E-state index in [0.717, 1.165) is 26.2 Å². The minimum atomic E-state index is -2.95. The van der Waals surface area contributed by atoms with Crippen LogP contribution in [0.5, 0.6) is 0 Å². The van der Waals surface area contributed by atoms with Crippen molar-refractivity contribution in [3.63, 3.8) is 0 Å². The molecule has 0 aromatic heterocycles. The van der Waals surface area contributed by atoms with Crippen LogP contribution in [-0.4, -0.2) is 0 Å². The molecule has 1 nitrogen and oxygen atoms in total. The van der Waals surface area contributed by atoms with Gasteiger partial charge >= 0.3 is 0 Å². The molecule has 0 aliphatic heterocycles. The molecule has 1 saturated carbocycles. The van der Waals surface area contributed by atoms with E-state index in [1.54, 1.807) is 12.1 Å². The van der Waals surface area contributed by atoms with Crippen molar-refractivity contribution in [1.29, 1.82) is 0 Å². The normalized spacial score (nSPS) is 19.3. The lowest BCUT2D eigenvalue weighted by Crippen LogP contribution is -2.44. The van der Waals surface area contributed by atoms with Gasteiger partial charge in [-0.15, -0.1) is 0 Å². The van der Waals surface area contributed by atoms with Gasteiger partial charge in [0.25, 0.3) is 5.92 Å². The van der Waals surface area contributed by atoms with Crippen molar-refractivity contribution < 1.29 is 8.78 Å². The van der Waals surface area contributed by atoms with Gasteiger partial charge in [0, 0.05) is 18.0 Å². The molecule has 16 heavy (non-hydrogen) atoms. The fourth-order valence-electron chi connectivity index (χ4n) is 2.21. The molecule has 1 aromatic carbocycles. The SMILES string of the molecule is CC(F)(F)c1c(Cl)cccc1C1(N)CCC1. The average Bonchev–Trinajstić information content (AvgIpc) is 2.11. The maximum absolute atomic E-state index is 13.5. The molecule has 0 bridgehead atoms. The lowest BCUT2D eigenvalue weighted by Gasteiger charge is -2.40. The molecule has 88 valence electrons. The van der Waals surface area contributed by atoms with Gasteiger partial charge in [-0.25, -0.2) is 8.78 Å². The number of nitrogens with two attached hydrogens (primary N) is 1. The van der Waals surface area contributed by atoms with Crippen LogP contribution < -0.4 is 5.73 Å². The van der Waals surface area contributed by atoms with Crippen LogP contribution in [0.1, 0.15) is 37.3 Å². The number of alkyl halides is 2. The third kappa shape index (κ3) is 1.82. The van der Waals surface area contributed by atoms with E-state index in [-0.39, 0.29) is 10.6 Å². The Morgan fingerprint density at radius 2 is 2.00 bits per heavy atom. The first-order valence-electron chi connectivity index (χ1n) is 5.31. The summed E-state index contributed by atoms with van der Waals surface area (Å²) < 4.78 is 27.1. The largest absolute Gasteiger partial charge is 0.321 e. The van der Waals surface area contributed by atoms with E-state index >= 15 is 0 Å². The van der Waals surface area contributed by atoms with Crippen molar-refractivity contribution >= 4 is 11.6 Å². The van der Waals surface area contributed by atoms with Crippen LogP contribution in [0.2, 0.25) is 5.02 Å². The standard InChI is InChI=1S/C12H14ClF2N/c1-11(14,15)10-8(4-2-5-9(10)13)12(16)6-3-7-12/h2,4-5H,3,6-7,16H2,1H3. The highest BCUT2D eigenvalue weighted by atomic mass is 35.5. The molecule has 1 fully saturated rings. The fraction of sp³-hybridized carbons (Fsp3) is 0.500. The number of rotatable bonds is 2. The zero-order valence-corrected chi connectivity index (χ0v) is 9.82. The van der Waals surface area contributed by atoms with E-state index in [1.165, 1.54) is 6.07 Å². The van der Waals surface area contributed by atoms with E-state index in [1.807, 2.05) is 0 Å². The smallest absolute Gasteiger partial charge is 0.272 e. The van der Waals surface area contributed by atoms with Crippen molar-refractivity contribution in [2.45, 2.75) is 37.6 Å². The Bertz CT molecular complexity index is 408. The summed E-state index contributed by atoms with van der Waals surface area (Å²) in [6.45, 7) is 0.861. The van der Waals surface area contributed by atoms with Crippen molar-refractivity contribution in [2.75, 3.05) is 0 Å². The number of benzene rings is 1. The van der Waals surface area contributed by atoms with Gasteiger partial charge in [0.1, 0.15) is 0 Å². The molecule has 0 saturated heterocycles. The molecule has 2 N–H and O–H groups in total. The summed E-state index contributed by atoms with van der Waals surface area (Å²) in [6, 6.07) is 4.83. The van der Waals surface area contributed by atoms with Gasteiger partial charge in [0.2, 0.25) is 0 Å². The first-order valence-corrected chi connectivity index (χ1v) is 5.68. The second-order valence-corrected chi connectivity index (χ2v) is 4.97. The second-order valence-electron chi connectivity index (χ2n) is 4.56. The molecular weight excluding hydrogens is 232 g/mol. The van der Waals surface area contributed by atoms with Gasteiger partial charge in [-0.1, -0.05) is 23.7 Å². The Balaban J connectivity index is 2.57. The summed E-state index contributed by atoms with van der Waals surface area (Å²) in [6.07, 6.45) is 2.48. The molecule has 1 aromatic rings. The zero-order valence-electron chi connectivity index (χ0n) is 9.06. The Labute approximate surface area is 98.6 Å². The van der Waals surface area contributed by atoms with E-state index in [9.17, 15) is 8.78 Å². The predicted molar refractivity (Wildman–Crippen MR) is 60.7 cm³/mol. The number of hydrogen-bond acceptors (Lipinski definition) is 1. The van der Waals surface area contributed by atoms with E-state index in [4.69, 9.17) is 17.3 Å². The average molecular weight is 246 g/mol. The van der Waals surface area contributed by atoms with Crippen molar-refractivity contribution in [2.24, 2.45) is 5.73 Å². The van der Waals surface area contributed by atoms with Gasteiger partial charge in [-0.2, -0.15) is 0 Å². The van der Waals surface area contributed by atoms with Gasteiger partial charge in [-0.05, 0) is 30.9 Å². The van der Waals surface area contributed by atoms with Crippen molar-refractivity contribution in [1.82, 2.24) is 0 Å². The Morgan fingerprint density at radius 3 is 2.44 bits per heavy atom. The predicted octanol–water partition coefficient (Wildman–Crippen LogP) is 3.79. The van der Waals surface area contributed by atoms with Gasteiger partial charge in [-0.3, -0.25) is 0 Å². The molecule has 1 aliphatic carbocycles. The second kappa shape index (κ2) is 3.67. The highest BCUT2D eigenvalue weighted by Crippen LogP contribution is 2.46. The van der Waals surface area contributed by atoms with E-state index in [2.05, 4.69) is 0 Å². The maximum Gasteiger partial charge on any atom is 0.272 e. The summed E-state index contributed by atoms with van der Waals surface area (Å²) in [4.78, 5) is 0. The summed E-state index contributed by atoms with van der Waals surface area (Å²) in [7, 11) is 0. The number of hydrogen-bond donors (Lipinski definition) is 1. The Kier molecular flexibility index (Phi) is 2.71. The lowest BCUT2D eigenvalue weighted by atomic mass is 9.70. The molecule has 0 heterocycles. The number of halogens is 3. The first kappa shape index (κ1) is 11.8. The van der Waals surface area contributed by atoms with Gasteiger partial charge in [0.15, 0.2) is 0 Å². The van der Waals surface area contributed by atoms with E-state index < -0.39 is 11.5 Å². The minimum absolute atomic E-state index is 0.0988. The van der Waals surface area contributed by atoms with Crippen LogP contribution in [0, 0.1) is 0 Å². The summed E-state index contributed by atoms with van der Waals surface area (Å²) in [5.74, 6) is -2.95. The summed E-state index contributed by atoms with van der Waals surface area (Å²) in [5.41, 5.74) is 5.87. The van der Waals surface area contributed by atoms with Crippen LogP contribution in [0.15, 0.2) is 18.2 Å². The highest BCUT2D eigenvalue weighted by Gasteiger charge is 2.41. The van der Waals surface area contributed by atoms with Crippen LogP contribution in [0.25, 0.3) is 0 Å². The summed E-state index contributed by atoms with van der Waals surface area (Å²) in [5, 5.41) is 0.0988. The molecule has 0 radical (unpaired) electrons. The molecule has 0 spiro atoms. The molecule has 1 aliphatic rings. The zero-order chi connectivity index (χ0) is 12.0. The molecular formula is C12H14ClF2N. The molecule has 4 heteroatoms. The molecule has 0 amide bonds. The molecule has 0 atom stereocenters. The monoisotopic (exact) mass is 245 g/mol. The van der Waals surface area contributed by atoms with Crippen LogP contribution in [0.3, 0.4) is 0 Å². The van der Waals surface area contributed by atoms with Crippen LogP contribution >= 0.6 is 11.6 Å². The first-order chi connectivity index (χ1) is 7.34. The molecule has 0 unspecified atom stereocenters. The minimum Gasteiger partial charge on any atom is -0.321 e. The van der Waals surface area contributed by atoms with Crippen LogP contribution in [-0.2, 0) is 11.5 Å². The fourth-order valence-corrected chi connectivity index (χ4v) is 2.55. The quantitative estimate of drug-likeness (QED) is 0.843.